The van der Waals surface area contributed by atoms with Gasteiger partial charge in [-0.15, -0.1) is 0 Å². The number of benzene rings is 1. The van der Waals surface area contributed by atoms with Crippen LogP contribution in [0.3, 0.4) is 0 Å². The van der Waals surface area contributed by atoms with Crippen molar-refractivity contribution in [1.29, 1.82) is 0 Å². The van der Waals surface area contributed by atoms with Crippen molar-refractivity contribution in [3.05, 3.63) is 46.7 Å². The second-order valence-electron chi connectivity index (χ2n) is 3.50. The van der Waals surface area contributed by atoms with E-state index in [4.69, 9.17) is 22.4 Å². The first-order valence-electron chi connectivity index (χ1n) is 4.86. The standard InChI is InChI=1S/C11H8ClN3O3/c12-7-1-2-9(8(3-7)11(17)18)15-5-6(4-14-15)10(13)16/h1-5H,(H2,13,16)(H,17,18). The van der Waals surface area contributed by atoms with Crippen LogP contribution in [0.2, 0.25) is 5.02 Å². The minimum absolute atomic E-state index is 0.0124. The van der Waals surface area contributed by atoms with Crippen LogP contribution in [0.5, 0.6) is 0 Å². The summed E-state index contributed by atoms with van der Waals surface area (Å²) in [5.74, 6) is -1.77. The Morgan fingerprint density at radius 2 is 2.11 bits per heavy atom. The molecule has 0 aliphatic carbocycles. The van der Waals surface area contributed by atoms with Crippen molar-refractivity contribution < 1.29 is 14.7 Å². The van der Waals surface area contributed by atoms with Crippen molar-refractivity contribution in [3.63, 3.8) is 0 Å². The Balaban J connectivity index is 2.55. The second kappa shape index (κ2) is 4.50. The molecular weight excluding hydrogens is 258 g/mol. The summed E-state index contributed by atoms with van der Waals surface area (Å²) in [6.07, 6.45) is 2.63. The van der Waals surface area contributed by atoms with Crippen LogP contribution in [0.25, 0.3) is 5.69 Å². The van der Waals surface area contributed by atoms with Crippen LogP contribution >= 0.6 is 11.6 Å². The van der Waals surface area contributed by atoms with Crippen LogP contribution in [0.4, 0.5) is 0 Å². The molecule has 0 aliphatic rings. The summed E-state index contributed by atoms with van der Waals surface area (Å²) in [6.45, 7) is 0. The van der Waals surface area contributed by atoms with E-state index < -0.39 is 11.9 Å². The lowest BCUT2D eigenvalue weighted by molar-refractivity contribution is 0.0696. The van der Waals surface area contributed by atoms with Gasteiger partial charge in [0.05, 0.1) is 23.0 Å². The molecule has 0 saturated carbocycles. The highest BCUT2D eigenvalue weighted by atomic mass is 35.5. The van der Waals surface area contributed by atoms with E-state index in [0.717, 1.165) is 0 Å². The summed E-state index contributed by atoms with van der Waals surface area (Å²) in [4.78, 5) is 22.0. The molecule has 7 heteroatoms. The summed E-state index contributed by atoms with van der Waals surface area (Å²) in [7, 11) is 0. The maximum Gasteiger partial charge on any atom is 0.337 e. The Morgan fingerprint density at radius 1 is 1.39 bits per heavy atom. The number of hydrogen-bond donors (Lipinski definition) is 2. The minimum Gasteiger partial charge on any atom is -0.478 e. The van der Waals surface area contributed by atoms with Gasteiger partial charge in [0.15, 0.2) is 0 Å². The minimum atomic E-state index is -1.14. The van der Waals surface area contributed by atoms with Crippen molar-refractivity contribution in [2.75, 3.05) is 0 Å². The number of nitrogens with two attached hydrogens (primary N) is 1. The molecule has 0 unspecified atom stereocenters. The number of rotatable bonds is 3. The van der Waals surface area contributed by atoms with Crippen LogP contribution < -0.4 is 5.73 Å². The highest BCUT2D eigenvalue weighted by molar-refractivity contribution is 6.31. The summed E-state index contributed by atoms with van der Waals surface area (Å²) in [5, 5.41) is 13.3. The van der Waals surface area contributed by atoms with E-state index in [-0.39, 0.29) is 11.1 Å². The maximum absolute atomic E-state index is 11.1. The Morgan fingerprint density at radius 3 is 2.67 bits per heavy atom. The number of halogens is 1. The van der Waals surface area contributed by atoms with Crippen LogP contribution in [0.15, 0.2) is 30.6 Å². The number of aromatic nitrogens is 2. The molecule has 0 radical (unpaired) electrons. The van der Waals surface area contributed by atoms with Gasteiger partial charge >= 0.3 is 5.97 Å². The third-order valence-electron chi connectivity index (χ3n) is 2.30. The monoisotopic (exact) mass is 265 g/mol. The molecule has 1 aromatic carbocycles. The average Bonchev–Trinajstić information content (AvgIpc) is 2.78. The molecule has 1 amide bonds. The lowest BCUT2D eigenvalue weighted by atomic mass is 10.2. The highest BCUT2D eigenvalue weighted by Crippen LogP contribution is 2.19. The molecule has 2 aromatic rings. The molecular formula is C11H8ClN3O3. The Kier molecular flexibility index (Phi) is 3.03. The Labute approximate surface area is 107 Å². The Bertz CT molecular complexity index is 636. The van der Waals surface area contributed by atoms with Gasteiger partial charge in [0.2, 0.25) is 0 Å². The fourth-order valence-electron chi connectivity index (χ4n) is 1.46. The topological polar surface area (TPSA) is 98.2 Å². The quantitative estimate of drug-likeness (QED) is 0.874. The number of carboxylic acids is 1. The van der Waals surface area contributed by atoms with Crippen LogP contribution in [-0.2, 0) is 0 Å². The average molecular weight is 266 g/mol. The first kappa shape index (κ1) is 12.1. The zero-order valence-electron chi connectivity index (χ0n) is 9.00. The molecule has 0 atom stereocenters. The molecule has 0 spiro atoms. The maximum atomic E-state index is 11.1. The number of carbonyl (C=O) groups excluding carboxylic acids is 1. The van der Waals surface area contributed by atoms with E-state index in [2.05, 4.69) is 5.10 Å². The summed E-state index contributed by atoms with van der Waals surface area (Å²) >= 11 is 5.74. The predicted molar refractivity (Wildman–Crippen MR) is 64.1 cm³/mol. The molecule has 92 valence electrons. The van der Waals surface area contributed by atoms with E-state index in [1.54, 1.807) is 0 Å². The van der Waals surface area contributed by atoms with Gasteiger partial charge in [0.25, 0.3) is 5.91 Å². The highest BCUT2D eigenvalue weighted by Gasteiger charge is 2.14. The molecule has 0 aliphatic heterocycles. The van der Waals surface area contributed by atoms with Gasteiger partial charge in [-0.2, -0.15) is 5.10 Å². The summed E-state index contributed by atoms with van der Waals surface area (Å²) in [5.41, 5.74) is 5.59. The number of hydrogen-bond acceptors (Lipinski definition) is 3. The number of primary amides is 1. The molecule has 2 rings (SSSR count). The third kappa shape index (κ3) is 2.18. The van der Waals surface area contributed by atoms with Gasteiger partial charge in [-0.05, 0) is 18.2 Å². The van der Waals surface area contributed by atoms with Crippen LogP contribution in [-0.4, -0.2) is 26.8 Å². The van der Waals surface area contributed by atoms with E-state index in [1.165, 1.54) is 35.3 Å². The van der Waals surface area contributed by atoms with Crippen molar-refractivity contribution in [1.82, 2.24) is 9.78 Å². The molecule has 0 fully saturated rings. The number of nitrogens with zero attached hydrogens (tertiary/aromatic N) is 2. The zero-order valence-corrected chi connectivity index (χ0v) is 9.76. The van der Waals surface area contributed by atoms with Crippen LogP contribution in [0.1, 0.15) is 20.7 Å². The summed E-state index contributed by atoms with van der Waals surface area (Å²) in [6, 6.07) is 4.35. The smallest absolute Gasteiger partial charge is 0.337 e. The Hall–Kier alpha value is -2.34. The van der Waals surface area contributed by atoms with Gasteiger partial charge < -0.3 is 10.8 Å². The van der Waals surface area contributed by atoms with Gasteiger partial charge in [-0.1, -0.05) is 11.6 Å². The molecule has 6 nitrogen and oxygen atoms in total. The van der Waals surface area contributed by atoms with Crippen molar-refractivity contribution in [2.24, 2.45) is 5.73 Å². The van der Waals surface area contributed by atoms with E-state index in [0.29, 0.717) is 10.7 Å². The van der Waals surface area contributed by atoms with E-state index >= 15 is 0 Å². The molecule has 0 bridgehead atoms. The fourth-order valence-corrected chi connectivity index (χ4v) is 1.63. The molecule has 1 aromatic heterocycles. The lowest BCUT2D eigenvalue weighted by Crippen LogP contribution is -2.10. The molecule has 3 N–H and O–H groups in total. The normalized spacial score (nSPS) is 10.3. The summed E-state index contributed by atoms with van der Waals surface area (Å²) < 4.78 is 1.26. The number of amides is 1. The molecule has 1 heterocycles. The fraction of sp³-hybridized carbons (Fsp3) is 0. The van der Waals surface area contributed by atoms with Crippen molar-refractivity contribution >= 4 is 23.5 Å². The van der Waals surface area contributed by atoms with E-state index in [9.17, 15) is 9.59 Å². The van der Waals surface area contributed by atoms with Gasteiger partial charge in [-0.3, -0.25) is 4.79 Å². The lowest BCUT2D eigenvalue weighted by Gasteiger charge is -2.06. The third-order valence-corrected chi connectivity index (χ3v) is 2.54. The van der Waals surface area contributed by atoms with Gasteiger partial charge in [-0.25, -0.2) is 9.48 Å². The van der Waals surface area contributed by atoms with Gasteiger partial charge in [0, 0.05) is 11.2 Å². The van der Waals surface area contributed by atoms with Crippen molar-refractivity contribution in [2.45, 2.75) is 0 Å². The number of aromatic carboxylic acids is 1. The molecule has 0 saturated heterocycles. The van der Waals surface area contributed by atoms with E-state index in [1.807, 2.05) is 0 Å². The molecule has 18 heavy (non-hydrogen) atoms. The predicted octanol–water partition coefficient (Wildman–Crippen LogP) is 1.32. The van der Waals surface area contributed by atoms with Crippen molar-refractivity contribution in [3.8, 4) is 5.69 Å². The SMILES string of the molecule is NC(=O)c1cnn(-c2ccc(Cl)cc2C(=O)O)c1. The largest absolute Gasteiger partial charge is 0.478 e. The second-order valence-corrected chi connectivity index (χ2v) is 3.94. The number of carboxylic acid groups (broad SMARTS) is 1. The van der Waals surface area contributed by atoms with Crippen LogP contribution in [0, 0.1) is 0 Å². The first-order valence-corrected chi connectivity index (χ1v) is 5.24. The zero-order chi connectivity index (χ0) is 13.3. The number of carbonyl (C=O) groups is 2. The first-order chi connectivity index (χ1) is 8.49. The van der Waals surface area contributed by atoms with Gasteiger partial charge in [0.1, 0.15) is 0 Å².